The molecule has 1 fully saturated rings. The van der Waals surface area contributed by atoms with Gasteiger partial charge in [-0.2, -0.15) is 0 Å². The monoisotopic (exact) mass is 227 g/mol. The highest BCUT2D eigenvalue weighted by Gasteiger charge is 2.23. The van der Waals surface area contributed by atoms with Gasteiger partial charge in [-0.15, -0.1) is 0 Å². The zero-order chi connectivity index (χ0) is 10.8. The van der Waals surface area contributed by atoms with Crippen molar-refractivity contribution in [2.24, 2.45) is 5.92 Å². The third-order valence-electron chi connectivity index (χ3n) is 2.29. The van der Waals surface area contributed by atoms with Gasteiger partial charge < -0.3 is 5.32 Å². The van der Waals surface area contributed by atoms with Crippen molar-refractivity contribution in [2.75, 3.05) is 11.9 Å². The van der Waals surface area contributed by atoms with Gasteiger partial charge >= 0.3 is 5.69 Å². The average Bonchev–Trinajstić information content (AvgIpc) is 2.99. The average molecular weight is 228 g/mol. The summed E-state index contributed by atoms with van der Waals surface area (Å²) in [7, 11) is 0. The summed E-state index contributed by atoms with van der Waals surface area (Å²) in [5.74, 6) is 0.943. The number of hydrogen-bond acceptors (Lipinski definition) is 4. The van der Waals surface area contributed by atoms with Gasteiger partial charge in [0, 0.05) is 18.8 Å². The van der Waals surface area contributed by atoms with E-state index in [9.17, 15) is 10.1 Å². The largest absolute Gasteiger partial charge is 0.364 e. The molecule has 1 heterocycles. The van der Waals surface area contributed by atoms with E-state index < -0.39 is 4.92 Å². The van der Waals surface area contributed by atoms with E-state index in [1.54, 1.807) is 0 Å². The molecule has 0 aromatic carbocycles. The summed E-state index contributed by atoms with van der Waals surface area (Å²) in [6, 6.07) is 1.31. The Kier molecular flexibility index (Phi) is 2.73. The Balaban J connectivity index is 2.15. The molecule has 0 unspecified atom stereocenters. The second kappa shape index (κ2) is 4.02. The van der Waals surface area contributed by atoms with Crippen LogP contribution in [0.2, 0.25) is 5.02 Å². The minimum atomic E-state index is -0.478. The van der Waals surface area contributed by atoms with Gasteiger partial charge in [-0.25, -0.2) is 4.98 Å². The Bertz CT molecular complexity index is 393. The first kappa shape index (κ1) is 10.2. The number of halogens is 1. The highest BCUT2D eigenvalue weighted by atomic mass is 35.5. The Hall–Kier alpha value is -1.36. The Morgan fingerprint density at radius 1 is 1.67 bits per heavy atom. The zero-order valence-electron chi connectivity index (χ0n) is 7.94. The number of rotatable bonds is 4. The van der Waals surface area contributed by atoms with Crippen LogP contribution in [0.5, 0.6) is 0 Å². The molecular formula is C9H10ClN3O2. The molecule has 15 heavy (non-hydrogen) atoms. The summed E-state index contributed by atoms with van der Waals surface area (Å²) in [5, 5.41) is 14.0. The standard InChI is InChI=1S/C9H10ClN3O2/c10-7-3-8(13(14)15)9(12-5-7)11-4-6-1-2-6/h3,5-6H,1-2,4H2,(H,11,12). The van der Waals surface area contributed by atoms with Gasteiger partial charge in [0.25, 0.3) is 0 Å². The van der Waals surface area contributed by atoms with Crippen molar-refractivity contribution in [2.45, 2.75) is 12.8 Å². The van der Waals surface area contributed by atoms with Crippen LogP contribution < -0.4 is 5.32 Å². The first-order valence-electron chi connectivity index (χ1n) is 4.70. The molecule has 1 aromatic heterocycles. The summed E-state index contributed by atoms with van der Waals surface area (Å²) in [4.78, 5) is 14.1. The molecule has 0 radical (unpaired) electrons. The van der Waals surface area contributed by atoms with Crippen molar-refractivity contribution in [3.8, 4) is 0 Å². The molecule has 80 valence electrons. The lowest BCUT2D eigenvalue weighted by Gasteiger charge is -2.04. The van der Waals surface area contributed by atoms with E-state index in [0.717, 1.165) is 6.54 Å². The van der Waals surface area contributed by atoms with E-state index in [1.807, 2.05) is 0 Å². The minimum Gasteiger partial charge on any atom is -0.364 e. The predicted octanol–water partition coefficient (Wildman–Crippen LogP) is 2.47. The molecule has 0 bridgehead atoms. The van der Waals surface area contributed by atoms with Crippen molar-refractivity contribution in [3.63, 3.8) is 0 Å². The van der Waals surface area contributed by atoms with E-state index in [4.69, 9.17) is 11.6 Å². The second-order valence-electron chi connectivity index (χ2n) is 3.60. The highest BCUT2D eigenvalue weighted by molar-refractivity contribution is 6.30. The summed E-state index contributed by atoms with van der Waals surface area (Å²) in [5.41, 5.74) is -0.0665. The molecule has 0 amide bonds. The molecule has 1 aliphatic rings. The van der Waals surface area contributed by atoms with Gasteiger partial charge in [-0.05, 0) is 18.8 Å². The van der Waals surface area contributed by atoms with Gasteiger partial charge in [0.05, 0.1) is 9.95 Å². The number of pyridine rings is 1. The van der Waals surface area contributed by atoms with Crippen LogP contribution >= 0.6 is 11.6 Å². The first-order valence-corrected chi connectivity index (χ1v) is 5.08. The number of nitro groups is 1. The SMILES string of the molecule is O=[N+]([O-])c1cc(Cl)cnc1NCC1CC1. The van der Waals surface area contributed by atoms with Crippen LogP contribution in [0.3, 0.4) is 0 Å². The maximum absolute atomic E-state index is 10.7. The summed E-state index contributed by atoms with van der Waals surface area (Å²) < 4.78 is 0. The quantitative estimate of drug-likeness (QED) is 0.634. The smallest absolute Gasteiger partial charge is 0.312 e. The number of nitrogens with zero attached hydrogens (tertiary/aromatic N) is 2. The lowest BCUT2D eigenvalue weighted by atomic mass is 10.3. The second-order valence-corrected chi connectivity index (χ2v) is 4.04. The molecule has 1 N–H and O–H groups in total. The van der Waals surface area contributed by atoms with Crippen molar-refractivity contribution in [1.82, 2.24) is 4.98 Å². The zero-order valence-corrected chi connectivity index (χ0v) is 8.70. The molecule has 1 aliphatic carbocycles. The fraction of sp³-hybridized carbons (Fsp3) is 0.444. The van der Waals surface area contributed by atoms with E-state index in [-0.39, 0.29) is 10.7 Å². The molecule has 0 atom stereocenters. The van der Waals surface area contributed by atoms with Crippen LogP contribution in [0.15, 0.2) is 12.3 Å². The summed E-state index contributed by atoms with van der Waals surface area (Å²) in [6.07, 6.45) is 3.78. The number of nitrogens with one attached hydrogen (secondary N) is 1. The number of hydrogen-bond donors (Lipinski definition) is 1. The predicted molar refractivity (Wildman–Crippen MR) is 57.1 cm³/mol. The molecule has 0 aliphatic heterocycles. The molecular weight excluding hydrogens is 218 g/mol. The van der Waals surface area contributed by atoms with Crippen LogP contribution in [0.1, 0.15) is 12.8 Å². The third kappa shape index (κ3) is 2.56. The maximum Gasteiger partial charge on any atom is 0.312 e. The summed E-state index contributed by atoms with van der Waals surface area (Å²) in [6.45, 7) is 0.746. The first-order chi connectivity index (χ1) is 7.16. The molecule has 2 rings (SSSR count). The van der Waals surface area contributed by atoms with E-state index >= 15 is 0 Å². The lowest BCUT2D eigenvalue weighted by molar-refractivity contribution is -0.384. The number of aromatic nitrogens is 1. The minimum absolute atomic E-state index is 0.0665. The van der Waals surface area contributed by atoms with Gasteiger partial charge in [-0.1, -0.05) is 11.6 Å². The van der Waals surface area contributed by atoms with E-state index in [2.05, 4.69) is 10.3 Å². The topological polar surface area (TPSA) is 68.1 Å². The van der Waals surface area contributed by atoms with Gasteiger partial charge in [0.15, 0.2) is 0 Å². The van der Waals surface area contributed by atoms with Crippen LogP contribution in [0.25, 0.3) is 0 Å². The van der Waals surface area contributed by atoms with E-state index in [0.29, 0.717) is 11.7 Å². The molecule has 0 saturated heterocycles. The fourth-order valence-electron chi connectivity index (χ4n) is 1.27. The van der Waals surface area contributed by atoms with Gasteiger partial charge in [-0.3, -0.25) is 10.1 Å². The number of anilines is 1. The van der Waals surface area contributed by atoms with Crippen LogP contribution in [-0.4, -0.2) is 16.5 Å². The Morgan fingerprint density at radius 3 is 3.00 bits per heavy atom. The van der Waals surface area contributed by atoms with Crippen molar-refractivity contribution in [3.05, 3.63) is 27.4 Å². The van der Waals surface area contributed by atoms with Gasteiger partial charge in [0.2, 0.25) is 5.82 Å². The van der Waals surface area contributed by atoms with Crippen molar-refractivity contribution >= 4 is 23.1 Å². The Labute approximate surface area is 91.6 Å². The van der Waals surface area contributed by atoms with Gasteiger partial charge in [0.1, 0.15) is 0 Å². The molecule has 6 heteroatoms. The maximum atomic E-state index is 10.7. The van der Waals surface area contributed by atoms with Crippen molar-refractivity contribution < 1.29 is 4.92 Å². The summed E-state index contributed by atoms with van der Waals surface area (Å²) >= 11 is 5.64. The van der Waals surface area contributed by atoms with Crippen molar-refractivity contribution in [1.29, 1.82) is 0 Å². The van der Waals surface area contributed by atoms with Crippen LogP contribution in [0, 0.1) is 16.0 Å². The van der Waals surface area contributed by atoms with Crippen LogP contribution in [-0.2, 0) is 0 Å². The highest BCUT2D eigenvalue weighted by Crippen LogP contribution is 2.30. The molecule has 0 spiro atoms. The lowest BCUT2D eigenvalue weighted by Crippen LogP contribution is -2.07. The van der Waals surface area contributed by atoms with Crippen LogP contribution in [0.4, 0.5) is 11.5 Å². The molecule has 1 aromatic rings. The van der Waals surface area contributed by atoms with E-state index in [1.165, 1.54) is 25.1 Å². The Morgan fingerprint density at radius 2 is 2.40 bits per heavy atom. The normalized spacial score (nSPS) is 15.0. The molecule has 1 saturated carbocycles. The molecule has 5 nitrogen and oxygen atoms in total. The fourth-order valence-corrected chi connectivity index (χ4v) is 1.42. The third-order valence-corrected chi connectivity index (χ3v) is 2.49.